The number of aromatic nitrogens is 2. The molecule has 0 unspecified atom stereocenters. The van der Waals surface area contributed by atoms with Crippen LogP contribution in [-0.2, 0) is 13.0 Å². The Balaban J connectivity index is 1.81. The highest BCUT2D eigenvalue weighted by molar-refractivity contribution is 5.94. The van der Waals surface area contributed by atoms with Gasteiger partial charge in [-0.1, -0.05) is 55.4 Å². The molecule has 4 nitrogen and oxygen atoms in total. The van der Waals surface area contributed by atoms with Gasteiger partial charge in [-0.2, -0.15) is 4.98 Å². The van der Waals surface area contributed by atoms with Crippen molar-refractivity contribution in [3.63, 3.8) is 0 Å². The van der Waals surface area contributed by atoms with Crippen molar-refractivity contribution in [3.8, 4) is 0 Å². The van der Waals surface area contributed by atoms with Gasteiger partial charge in [0.2, 0.25) is 5.89 Å². The first kappa shape index (κ1) is 14.6. The molecule has 0 saturated heterocycles. The van der Waals surface area contributed by atoms with Crippen molar-refractivity contribution in [2.75, 3.05) is 11.9 Å². The van der Waals surface area contributed by atoms with Crippen LogP contribution in [0, 0.1) is 5.92 Å². The molecule has 0 aliphatic heterocycles. The summed E-state index contributed by atoms with van der Waals surface area (Å²) in [7, 11) is 2.06. The number of anilines is 1. The van der Waals surface area contributed by atoms with Crippen LogP contribution in [0.1, 0.15) is 25.6 Å². The number of hydrogen-bond acceptors (Lipinski definition) is 4. The zero-order chi connectivity index (χ0) is 15.5. The Labute approximate surface area is 130 Å². The zero-order valence-electron chi connectivity index (χ0n) is 13.3. The highest BCUT2D eigenvalue weighted by Crippen LogP contribution is 2.26. The average molecular weight is 295 g/mol. The summed E-state index contributed by atoms with van der Waals surface area (Å²) in [4.78, 5) is 6.64. The van der Waals surface area contributed by atoms with Crippen molar-refractivity contribution >= 4 is 16.5 Å². The van der Waals surface area contributed by atoms with Gasteiger partial charge < -0.3 is 9.42 Å². The second-order valence-corrected chi connectivity index (χ2v) is 6.06. The Bertz CT molecular complexity index is 758. The fourth-order valence-corrected chi connectivity index (χ4v) is 2.62. The van der Waals surface area contributed by atoms with E-state index in [1.54, 1.807) is 0 Å². The molecule has 114 valence electrons. The van der Waals surface area contributed by atoms with Crippen LogP contribution < -0.4 is 4.90 Å². The van der Waals surface area contributed by atoms with Gasteiger partial charge in [-0.25, -0.2) is 0 Å². The van der Waals surface area contributed by atoms with E-state index >= 15 is 0 Å². The molecule has 0 radical (unpaired) electrons. The first-order valence-corrected chi connectivity index (χ1v) is 7.64. The molecule has 2 aromatic carbocycles. The van der Waals surface area contributed by atoms with Crippen LogP contribution >= 0.6 is 0 Å². The molecular formula is C18H21N3O. The van der Waals surface area contributed by atoms with Crippen LogP contribution in [0.2, 0.25) is 0 Å². The van der Waals surface area contributed by atoms with E-state index in [0.717, 1.165) is 18.1 Å². The first-order valence-electron chi connectivity index (χ1n) is 7.64. The van der Waals surface area contributed by atoms with Crippen molar-refractivity contribution < 1.29 is 4.52 Å². The van der Waals surface area contributed by atoms with Crippen molar-refractivity contribution in [2.24, 2.45) is 5.92 Å². The minimum Gasteiger partial charge on any atom is -0.366 e. The van der Waals surface area contributed by atoms with Crippen LogP contribution in [0.15, 0.2) is 47.0 Å². The Morgan fingerprint density at radius 3 is 2.68 bits per heavy atom. The van der Waals surface area contributed by atoms with Crippen LogP contribution in [-0.4, -0.2) is 17.2 Å². The van der Waals surface area contributed by atoms with Gasteiger partial charge in [0.05, 0.1) is 6.54 Å². The molecule has 0 aliphatic rings. The minimum absolute atomic E-state index is 0.518. The maximum Gasteiger partial charge on any atom is 0.226 e. The topological polar surface area (TPSA) is 42.2 Å². The minimum atomic E-state index is 0.518. The lowest BCUT2D eigenvalue weighted by atomic mass is 10.1. The van der Waals surface area contributed by atoms with E-state index in [9.17, 15) is 0 Å². The van der Waals surface area contributed by atoms with E-state index in [-0.39, 0.29) is 0 Å². The fourth-order valence-electron chi connectivity index (χ4n) is 2.62. The lowest BCUT2D eigenvalue weighted by Gasteiger charge is -2.19. The maximum absolute atomic E-state index is 5.31. The summed E-state index contributed by atoms with van der Waals surface area (Å²) in [6.45, 7) is 4.92. The predicted molar refractivity (Wildman–Crippen MR) is 88.9 cm³/mol. The number of hydrogen-bond donors (Lipinski definition) is 0. The molecule has 0 atom stereocenters. The lowest BCUT2D eigenvalue weighted by Crippen LogP contribution is -2.17. The van der Waals surface area contributed by atoms with E-state index in [0.29, 0.717) is 12.5 Å². The molecule has 0 fully saturated rings. The molecule has 3 aromatic rings. The Morgan fingerprint density at radius 1 is 1.09 bits per heavy atom. The molecule has 0 bridgehead atoms. The van der Waals surface area contributed by atoms with E-state index in [1.165, 1.54) is 16.5 Å². The fraction of sp³-hybridized carbons (Fsp3) is 0.333. The molecule has 0 amide bonds. The summed E-state index contributed by atoms with van der Waals surface area (Å²) in [6, 6.07) is 14.7. The van der Waals surface area contributed by atoms with Crippen LogP contribution in [0.5, 0.6) is 0 Å². The van der Waals surface area contributed by atoms with Gasteiger partial charge >= 0.3 is 0 Å². The summed E-state index contributed by atoms with van der Waals surface area (Å²) in [5, 5.41) is 6.56. The highest BCUT2D eigenvalue weighted by Gasteiger charge is 2.12. The largest absolute Gasteiger partial charge is 0.366 e. The van der Waals surface area contributed by atoms with Crippen molar-refractivity contribution in [1.82, 2.24) is 10.1 Å². The number of nitrogens with zero attached hydrogens (tertiary/aromatic N) is 3. The second kappa shape index (κ2) is 6.18. The van der Waals surface area contributed by atoms with Gasteiger partial charge in [-0.05, 0) is 17.4 Å². The van der Waals surface area contributed by atoms with Crippen LogP contribution in [0.4, 0.5) is 5.69 Å². The number of fused-ring (bicyclic) bond motifs is 1. The third-order valence-corrected chi connectivity index (χ3v) is 3.65. The molecule has 0 spiro atoms. The van der Waals surface area contributed by atoms with Gasteiger partial charge in [-0.15, -0.1) is 0 Å². The molecule has 4 heteroatoms. The monoisotopic (exact) mass is 295 g/mol. The summed E-state index contributed by atoms with van der Waals surface area (Å²) in [6.07, 6.45) is 0.824. The lowest BCUT2D eigenvalue weighted by molar-refractivity contribution is 0.358. The predicted octanol–water partition coefficient (Wildman–Crippen LogP) is 4.06. The standard InChI is InChI=1S/C18H21N3O/c1-13(2)11-18-19-17(20-22-18)12-21(3)16-10-6-8-14-7-4-5-9-15(14)16/h4-10,13H,11-12H2,1-3H3. The summed E-state index contributed by atoms with van der Waals surface area (Å²) in [5.41, 5.74) is 1.17. The van der Waals surface area contributed by atoms with Gasteiger partial charge in [-0.3, -0.25) is 0 Å². The van der Waals surface area contributed by atoms with Crippen LogP contribution in [0.3, 0.4) is 0 Å². The first-order chi connectivity index (χ1) is 10.6. The Morgan fingerprint density at radius 2 is 1.86 bits per heavy atom. The SMILES string of the molecule is CC(C)Cc1nc(CN(C)c2cccc3ccccc23)no1. The van der Waals surface area contributed by atoms with Crippen molar-refractivity contribution in [3.05, 3.63) is 54.2 Å². The van der Waals surface area contributed by atoms with E-state index in [4.69, 9.17) is 4.52 Å². The molecule has 1 heterocycles. The molecule has 22 heavy (non-hydrogen) atoms. The molecule has 0 N–H and O–H groups in total. The van der Waals surface area contributed by atoms with E-state index < -0.39 is 0 Å². The summed E-state index contributed by atoms with van der Waals surface area (Å²) < 4.78 is 5.31. The quantitative estimate of drug-likeness (QED) is 0.712. The maximum atomic E-state index is 5.31. The van der Waals surface area contributed by atoms with Gasteiger partial charge in [0.1, 0.15) is 0 Å². The normalized spacial score (nSPS) is 11.3. The zero-order valence-corrected chi connectivity index (χ0v) is 13.3. The van der Waals surface area contributed by atoms with Gasteiger partial charge in [0.15, 0.2) is 5.82 Å². The third-order valence-electron chi connectivity index (χ3n) is 3.65. The molecule has 0 saturated carbocycles. The van der Waals surface area contributed by atoms with Gasteiger partial charge in [0, 0.05) is 24.5 Å². The Hall–Kier alpha value is -2.36. The summed E-state index contributed by atoms with van der Waals surface area (Å²) in [5.74, 6) is 1.96. The van der Waals surface area contributed by atoms with Crippen molar-refractivity contribution in [1.29, 1.82) is 0 Å². The van der Waals surface area contributed by atoms with E-state index in [1.807, 2.05) is 0 Å². The Kier molecular flexibility index (Phi) is 4.09. The van der Waals surface area contributed by atoms with Gasteiger partial charge in [0.25, 0.3) is 0 Å². The van der Waals surface area contributed by atoms with Crippen LogP contribution in [0.25, 0.3) is 10.8 Å². The van der Waals surface area contributed by atoms with E-state index in [2.05, 4.69) is 78.4 Å². The third kappa shape index (κ3) is 3.11. The second-order valence-electron chi connectivity index (χ2n) is 6.06. The smallest absolute Gasteiger partial charge is 0.226 e. The molecular weight excluding hydrogens is 274 g/mol. The average Bonchev–Trinajstić information content (AvgIpc) is 2.92. The van der Waals surface area contributed by atoms with Crippen molar-refractivity contribution in [2.45, 2.75) is 26.8 Å². The molecule has 0 aliphatic carbocycles. The molecule has 3 rings (SSSR count). The highest BCUT2D eigenvalue weighted by atomic mass is 16.5. The summed E-state index contributed by atoms with van der Waals surface area (Å²) >= 11 is 0. The number of rotatable bonds is 5. The molecule has 1 aromatic heterocycles. The number of benzene rings is 2.